The Balaban J connectivity index is 1.70. The lowest BCUT2D eigenvalue weighted by molar-refractivity contribution is -0.142. The molecule has 176 valence electrons. The van der Waals surface area contributed by atoms with Gasteiger partial charge in [-0.1, -0.05) is 48.5 Å². The van der Waals surface area contributed by atoms with Gasteiger partial charge in [-0.2, -0.15) is 0 Å². The van der Waals surface area contributed by atoms with Crippen LogP contribution in [0.5, 0.6) is 0 Å². The van der Waals surface area contributed by atoms with Crippen LogP contribution >= 0.6 is 0 Å². The third-order valence-corrected chi connectivity index (χ3v) is 7.12. The molecule has 0 spiro atoms. The molecule has 0 saturated heterocycles. The standard InChI is InChI=1S/C24H29N3O5S/c1-3-32-22(28)13-14-25-24(29)26-15-16-33(30,31)23-18(2)27(17-19-9-5-4-6-10-19)21-12-8-7-11-20(21)23/h4-12H,3,13-17H2,1-2H3,(H2,25,26,29). The summed E-state index contributed by atoms with van der Waals surface area (Å²) < 4.78 is 33.3. The first-order valence-corrected chi connectivity index (χ1v) is 12.5. The highest BCUT2D eigenvalue weighted by atomic mass is 32.2. The Morgan fingerprint density at radius 2 is 1.64 bits per heavy atom. The number of urea groups is 1. The fourth-order valence-electron chi connectivity index (χ4n) is 3.74. The molecule has 1 heterocycles. The number of ether oxygens (including phenoxy) is 1. The van der Waals surface area contributed by atoms with Crippen molar-refractivity contribution in [3.8, 4) is 0 Å². The molecule has 0 aliphatic heterocycles. The Hall–Kier alpha value is -3.33. The zero-order valence-corrected chi connectivity index (χ0v) is 19.7. The first kappa shape index (κ1) is 24.3. The van der Waals surface area contributed by atoms with Crippen molar-refractivity contribution in [1.82, 2.24) is 15.2 Å². The van der Waals surface area contributed by atoms with E-state index in [1.54, 1.807) is 6.92 Å². The minimum absolute atomic E-state index is 0.0504. The van der Waals surface area contributed by atoms with Crippen molar-refractivity contribution in [3.05, 3.63) is 65.9 Å². The van der Waals surface area contributed by atoms with Crippen LogP contribution in [0, 0.1) is 6.92 Å². The van der Waals surface area contributed by atoms with Crippen molar-refractivity contribution in [2.75, 3.05) is 25.4 Å². The number of amides is 2. The van der Waals surface area contributed by atoms with Crippen LogP contribution in [0.4, 0.5) is 4.79 Å². The van der Waals surface area contributed by atoms with Crippen molar-refractivity contribution < 1.29 is 22.7 Å². The molecule has 2 aromatic carbocycles. The maximum absolute atomic E-state index is 13.2. The van der Waals surface area contributed by atoms with Crippen molar-refractivity contribution >= 4 is 32.7 Å². The van der Waals surface area contributed by atoms with Gasteiger partial charge in [0, 0.05) is 36.2 Å². The average Bonchev–Trinajstić information content (AvgIpc) is 3.06. The van der Waals surface area contributed by atoms with E-state index in [-0.39, 0.29) is 31.9 Å². The third kappa shape index (κ3) is 6.13. The fraction of sp³-hybridized carbons (Fsp3) is 0.333. The molecule has 0 radical (unpaired) electrons. The van der Waals surface area contributed by atoms with Gasteiger partial charge in [0.15, 0.2) is 9.84 Å². The number of carbonyl (C=O) groups is 2. The van der Waals surface area contributed by atoms with E-state index in [0.717, 1.165) is 11.1 Å². The van der Waals surface area contributed by atoms with Gasteiger partial charge in [0.05, 0.1) is 23.7 Å². The van der Waals surface area contributed by atoms with E-state index < -0.39 is 21.8 Å². The number of rotatable bonds is 10. The van der Waals surface area contributed by atoms with E-state index in [0.29, 0.717) is 22.5 Å². The van der Waals surface area contributed by atoms with Crippen LogP contribution in [0.25, 0.3) is 10.9 Å². The summed E-state index contributed by atoms with van der Waals surface area (Å²) in [6.07, 6.45) is 0.0552. The molecular formula is C24H29N3O5S. The first-order chi connectivity index (χ1) is 15.8. The summed E-state index contributed by atoms with van der Waals surface area (Å²) in [5.74, 6) is -0.638. The second-order valence-corrected chi connectivity index (χ2v) is 9.61. The number of hydrogen-bond donors (Lipinski definition) is 2. The maximum atomic E-state index is 13.2. The summed E-state index contributed by atoms with van der Waals surface area (Å²) in [5.41, 5.74) is 2.59. The van der Waals surface area contributed by atoms with Gasteiger partial charge in [-0.15, -0.1) is 0 Å². The predicted molar refractivity (Wildman–Crippen MR) is 127 cm³/mol. The highest BCUT2D eigenvalue weighted by Gasteiger charge is 2.25. The van der Waals surface area contributed by atoms with Gasteiger partial charge in [0.1, 0.15) is 0 Å². The minimum atomic E-state index is -3.66. The number of para-hydroxylation sites is 1. The van der Waals surface area contributed by atoms with Crippen LogP contribution < -0.4 is 10.6 Å². The Morgan fingerprint density at radius 1 is 0.970 bits per heavy atom. The lowest BCUT2D eigenvalue weighted by Crippen LogP contribution is -2.39. The van der Waals surface area contributed by atoms with Gasteiger partial charge < -0.3 is 19.9 Å². The molecule has 33 heavy (non-hydrogen) atoms. The fourth-order valence-corrected chi connectivity index (χ4v) is 5.38. The van der Waals surface area contributed by atoms with Gasteiger partial charge in [0.2, 0.25) is 0 Å². The number of nitrogens with zero attached hydrogens (tertiary/aromatic N) is 1. The quantitative estimate of drug-likeness (QED) is 0.442. The molecule has 0 saturated carbocycles. The molecule has 8 nitrogen and oxygen atoms in total. The smallest absolute Gasteiger partial charge is 0.314 e. The van der Waals surface area contributed by atoms with Crippen LogP contribution in [0.2, 0.25) is 0 Å². The first-order valence-electron chi connectivity index (χ1n) is 10.8. The Morgan fingerprint density at radius 3 is 2.36 bits per heavy atom. The number of carbonyl (C=O) groups excluding carboxylic acids is 2. The zero-order chi connectivity index (χ0) is 23.8. The monoisotopic (exact) mass is 471 g/mol. The van der Waals surface area contributed by atoms with E-state index >= 15 is 0 Å². The molecule has 0 atom stereocenters. The van der Waals surface area contributed by atoms with Crippen molar-refractivity contribution in [3.63, 3.8) is 0 Å². The number of sulfone groups is 1. The van der Waals surface area contributed by atoms with E-state index in [1.165, 1.54) is 0 Å². The summed E-state index contributed by atoms with van der Waals surface area (Å²) in [6, 6.07) is 16.8. The summed E-state index contributed by atoms with van der Waals surface area (Å²) in [6.45, 7) is 4.42. The van der Waals surface area contributed by atoms with Crippen LogP contribution in [-0.2, 0) is 25.9 Å². The van der Waals surface area contributed by atoms with Crippen molar-refractivity contribution in [1.29, 1.82) is 0 Å². The van der Waals surface area contributed by atoms with Gasteiger partial charge in [-0.3, -0.25) is 4.79 Å². The molecule has 0 unspecified atom stereocenters. The maximum Gasteiger partial charge on any atom is 0.314 e. The number of hydrogen-bond acceptors (Lipinski definition) is 5. The number of nitrogens with one attached hydrogen (secondary N) is 2. The van der Waals surface area contributed by atoms with Crippen LogP contribution in [-0.4, -0.2) is 50.4 Å². The zero-order valence-electron chi connectivity index (χ0n) is 18.8. The second-order valence-electron chi connectivity index (χ2n) is 7.56. The van der Waals surface area contributed by atoms with Crippen LogP contribution in [0.3, 0.4) is 0 Å². The summed E-state index contributed by atoms with van der Waals surface area (Å²) in [5, 5.41) is 5.73. The van der Waals surface area contributed by atoms with E-state index in [2.05, 4.69) is 10.6 Å². The number of esters is 1. The molecule has 2 N–H and O–H groups in total. The summed E-state index contributed by atoms with van der Waals surface area (Å²) in [4.78, 5) is 23.5. The van der Waals surface area contributed by atoms with Crippen LogP contribution in [0.15, 0.2) is 59.5 Å². The molecule has 1 aromatic heterocycles. The largest absolute Gasteiger partial charge is 0.466 e. The van der Waals surface area contributed by atoms with Gasteiger partial charge >= 0.3 is 12.0 Å². The van der Waals surface area contributed by atoms with Gasteiger partial charge in [-0.25, -0.2) is 13.2 Å². The Bertz CT molecular complexity index is 1220. The van der Waals surface area contributed by atoms with E-state index in [4.69, 9.17) is 4.74 Å². The molecule has 0 fully saturated rings. The van der Waals surface area contributed by atoms with Gasteiger partial charge in [-0.05, 0) is 25.5 Å². The second kappa shape index (κ2) is 11.0. The lowest BCUT2D eigenvalue weighted by atomic mass is 10.2. The van der Waals surface area contributed by atoms with Crippen molar-refractivity contribution in [2.45, 2.75) is 31.7 Å². The van der Waals surface area contributed by atoms with E-state index in [1.807, 2.05) is 66.1 Å². The van der Waals surface area contributed by atoms with E-state index in [9.17, 15) is 18.0 Å². The minimum Gasteiger partial charge on any atom is -0.466 e. The number of benzene rings is 2. The highest BCUT2D eigenvalue weighted by molar-refractivity contribution is 7.91. The Labute approximate surface area is 193 Å². The Kier molecular flexibility index (Phi) is 8.11. The molecule has 9 heteroatoms. The molecule has 2 amide bonds. The molecule has 3 rings (SSSR count). The SMILES string of the molecule is CCOC(=O)CCNC(=O)NCCS(=O)(=O)c1c(C)n(Cc2ccccc2)c2ccccc12. The average molecular weight is 472 g/mol. The summed E-state index contributed by atoms with van der Waals surface area (Å²) >= 11 is 0. The summed E-state index contributed by atoms with van der Waals surface area (Å²) in [7, 11) is -3.66. The normalized spacial score (nSPS) is 11.3. The van der Waals surface area contributed by atoms with Crippen molar-refractivity contribution in [2.24, 2.45) is 0 Å². The molecule has 0 bridgehead atoms. The molecular weight excluding hydrogens is 442 g/mol. The van der Waals surface area contributed by atoms with Gasteiger partial charge in [0.25, 0.3) is 0 Å². The highest BCUT2D eigenvalue weighted by Crippen LogP contribution is 2.31. The topological polar surface area (TPSA) is 106 Å². The number of aromatic nitrogens is 1. The molecule has 0 aliphatic carbocycles. The van der Waals surface area contributed by atoms with Crippen LogP contribution in [0.1, 0.15) is 24.6 Å². The molecule has 0 aliphatic rings. The predicted octanol–water partition coefficient (Wildman–Crippen LogP) is 3.02. The number of fused-ring (bicyclic) bond motifs is 1. The lowest BCUT2D eigenvalue weighted by Gasteiger charge is -2.10. The molecule has 3 aromatic rings. The third-order valence-electron chi connectivity index (χ3n) is 5.24.